The molecule has 1 saturated heterocycles. The van der Waals surface area contributed by atoms with Gasteiger partial charge >= 0.3 is 0 Å². The van der Waals surface area contributed by atoms with Crippen molar-refractivity contribution in [3.8, 4) is 0 Å². The standard InChI is InChI=1S/C16H22N4O3/c1-10(2)8-14-17-15(23-19-14)12-6-4-5-7-20(12)16(21)13-9-11(3)18-22-13/h9-10,12H,4-8H2,1-3H3/t12-/m1/s1. The first-order valence-electron chi connectivity index (χ1n) is 8.11. The minimum atomic E-state index is -0.185. The van der Waals surface area contributed by atoms with Crippen LogP contribution in [0.25, 0.3) is 0 Å². The van der Waals surface area contributed by atoms with Crippen LogP contribution >= 0.6 is 0 Å². The molecule has 0 saturated carbocycles. The number of carbonyl (C=O) groups excluding carboxylic acids is 1. The number of aryl methyl sites for hydroxylation is 1. The topological polar surface area (TPSA) is 85.3 Å². The van der Waals surface area contributed by atoms with E-state index in [1.807, 2.05) is 0 Å². The quantitative estimate of drug-likeness (QED) is 0.861. The zero-order valence-corrected chi connectivity index (χ0v) is 13.8. The Hall–Kier alpha value is -2.18. The number of piperidine rings is 1. The summed E-state index contributed by atoms with van der Waals surface area (Å²) in [5, 5.41) is 7.84. The van der Waals surface area contributed by atoms with Crippen molar-refractivity contribution in [2.24, 2.45) is 5.92 Å². The average molecular weight is 318 g/mol. The third-order valence-electron chi connectivity index (χ3n) is 3.96. The van der Waals surface area contributed by atoms with Gasteiger partial charge in [-0.05, 0) is 32.1 Å². The number of rotatable bonds is 4. The fourth-order valence-electron chi connectivity index (χ4n) is 2.89. The maximum Gasteiger partial charge on any atom is 0.293 e. The summed E-state index contributed by atoms with van der Waals surface area (Å²) in [6.45, 7) is 6.67. The molecule has 0 N–H and O–H groups in total. The van der Waals surface area contributed by atoms with Crippen LogP contribution in [0.15, 0.2) is 15.1 Å². The number of carbonyl (C=O) groups is 1. The molecule has 1 aliphatic heterocycles. The zero-order valence-electron chi connectivity index (χ0n) is 13.8. The third-order valence-corrected chi connectivity index (χ3v) is 3.96. The van der Waals surface area contributed by atoms with Crippen LogP contribution in [-0.2, 0) is 6.42 Å². The number of aromatic nitrogens is 3. The van der Waals surface area contributed by atoms with E-state index < -0.39 is 0 Å². The van der Waals surface area contributed by atoms with Crippen molar-refractivity contribution in [2.45, 2.75) is 52.5 Å². The molecule has 0 aliphatic carbocycles. The first-order chi connectivity index (χ1) is 11.0. The van der Waals surface area contributed by atoms with Crippen molar-refractivity contribution in [2.75, 3.05) is 6.54 Å². The highest BCUT2D eigenvalue weighted by molar-refractivity contribution is 5.91. The van der Waals surface area contributed by atoms with Crippen molar-refractivity contribution >= 4 is 5.91 Å². The van der Waals surface area contributed by atoms with Crippen LogP contribution in [0.2, 0.25) is 0 Å². The van der Waals surface area contributed by atoms with Crippen LogP contribution in [0.5, 0.6) is 0 Å². The van der Waals surface area contributed by atoms with Gasteiger partial charge in [-0.15, -0.1) is 0 Å². The highest BCUT2D eigenvalue weighted by atomic mass is 16.5. The van der Waals surface area contributed by atoms with E-state index in [1.165, 1.54) is 0 Å². The van der Waals surface area contributed by atoms with Gasteiger partial charge in [0.15, 0.2) is 5.82 Å². The van der Waals surface area contributed by atoms with Crippen LogP contribution < -0.4 is 0 Å². The lowest BCUT2D eigenvalue weighted by Gasteiger charge is -2.32. The molecule has 1 aliphatic rings. The Morgan fingerprint density at radius 3 is 2.87 bits per heavy atom. The molecule has 1 atom stereocenters. The van der Waals surface area contributed by atoms with Crippen LogP contribution in [-0.4, -0.2) is 32.6 Å². The second-order valence-corrected chi connectivity index (χ2v) is 6.49. The van der Waals surface area contributed by atoms with Gasteiger partial charge in [0.25, 0.3) is 5.91 Å². The molecule has 2 aromatic heterocycles. The van der Waals surface area contributed by atoms with Gasteiger partial charge in [-0.2, -0.15) is 4.98 Å². The molecule has 23 heavy (non-hydrogen) atoms. The maximum absolute atomic E-state index is 12.7. The summed E-state index contributed by atoms with van der Waals surface area (Å²) >= 11 is 0. The molecule has 7 nitrogen and oxygen atoms in total. The van der Waals surface area contributed by atoms with Crippen LogP contribution in [0, 0.1) is 12.8 Å². The summed E-state index contributed by atoms with van der Waals surface area (Å²) in [5.74, 6) is 1.77. The molecule has 0 radical (unpaired) electrons. The van der Waals surface area contributed by atoms with Crippen molar-refractivity contribution in [1.82, 2.24) is 20.2 Å². The second-order valence-electron chi connectivity index (χ2n) is 6.49. The first kappa shape index (κ1) is 15.7. The van der Waals surface area contributed by atoms with E-state index in [2.05, 4.69) is 29.1 Å². The molecule has 0 bridgehead atoms. The molecule has 0 aromatic carbocycles. The van der Waals surface area contributed by atoms with Gasteiger partial charge in [0.2, 0.25) is 11.7 Å². The highest BCUT2D eigenvalue weighted by Gasteiger charge is 2.34. The third kappa shape index (κ3) is 3.43. The van der Waals surface area contributed by atoms with Crippen LogP contribution in [0.1, 0.15) is 67.1 Å². The van der Waals surface area contributed by atoms with E-state index in [-0.39, 0.29) is 17.7 Å². The SMILES string of the molecule is Cc1cc(C(=O)N2CCCC[C@@H]2c2nc(CC(C)C)no2)on1. The monoisotopic (exact) mass is 318 g/mol. The van der Waals surface area contributed by atoms with Gasteiger partial charge < -0.3 is 13.9 Å². The van der Waals surface area contributed by atoms with Crippen molar-refractivity contribution in [1.29, 1.82) is 0 Å². The van der Waals surface area contributed by atoms with Crippen molar-refractivity contribution < 1.29 is 13.8 Å². The van der Waals surface area contributed by atoms with E-state index in [4.69, 9.17) is 9.05 Å². The van der Waals surface area contributed by atoms with Gasteiger partial charge in [0.1, 0.15) is 6.04 Å². The Balaban J connectivity index is 1.81. The summed E-state index contributed by atoms with van der Waals surface area (Å²) in [7, 11) is 0. The minimum absolute atomic E-state index is 0.168. The highest BCUT2D eigenvalue weighted by Crippen LogP contribution is 2.31. The zero-order chi connectivity index (χ0) is 16.4. The van der Waals surface area contributed by atoms with E-state index in [0.29, 0.717) is 29.9 Å². The molecule has 0 unspecified atom stereocenters. The molecule has 3 heterocycles. The summed E-state index contributed by atoms with van der Waals surface area (Å²) in [5.41, 5.74) is 0.693. The van der Waals surface area contributed by atoms with Crippen LogP contribution in [0.4, 0.5) is 0 Å². The van der Waals surface area contributed by atoms with Crippen molar-refractivity contribution in [3.63, 3.8) is 0 Å². The fraction of sp³-hybridized carbons (Fsp3) is 0.625. The number of amides is 1. The van der Waals surface area contributed by atoms with Gasteiger partial charge in [-0.25, -0.2) is 0 Å². The lowest BCUT2D eigenvalue weighted by Crippen LogP contribution is -2.38. The molecule has 1 fully saturated rings. The summed E-state index contributed by atoms with van der Waals surface area (Å²) in [4.78, 5) is 18.9. The summed E-state index contributed by atoms with van der Waals surface area (Å²) in [6, 6.07) is 1.47. The molecule has 1 amide bonds. The van der Waals surface area contributed by atoms with Gasteiger partial charge in [-0.3, -0.25) is 4.79 Å². The molecule has 0 spiro atoms. The Morgan fingerprint density at radius 2 is 2.17 bits per heavy atom. The number of hydrogen-bond donors (Lipinski definition) is 0. The Labute approximate surface area is 135 Å². The predicted molar refractivity (Wildman–Crippen MR) is 81.7 cm³/mol. The van der Waals surface area contributed by atoms with Crippen LogP contribution in [0.3, 0.4) is 0 Å². The van der Waals surface area contributed by atoms with Crippen molar-refractivity contribution in [3.05, 3.63) is 29.2 Å². The molecule has 124 valence electrons. The lowest BCUT2D eigenvalue weighted by molar-refractivity contribution is 0.0520. The van der Waals surface area contributed by atoms with E-state index in [9.17, 15) is 4.79 Å². The molecule has 2 aromatic rings. The van der Waals surface area contributed by atoms with E-state index >= 15 is 0 Å². The van der Waals surface area contributed by atoms with Gasteiger partial charge in [0, 0.05) is 19.0 Å². The first-order valence-corrected chi connectivity index (χ1v) is 8.11. The smallest absolute Gasteiger partial charge is 0.293 e. The lowest BCUT2D eigenvalue weighted by atomic mass is 10.0. The minimum Gasteiger partial charge on any atom is -0.351 e. The average Bonchev–Trinajstić information content (AvgIpc) is 3.15. The molecular formula is C16H22N4O3. The normalized spacial score (nSPS) is 18.6. The predicted octanol–water partition coefficient (Wildman–Crippen LogP) is 2.93. The van der Waals surface area contributed by atoms with Gasteiger partial charge in [0.05, 0.1) is 5.69 Å². The summed E-state index contributed by atoms with van der Waals surface area (Å²) in [6.07, 6.45) is 3.59. The largest absolute Gasteiger partial charge is 0.351 e. The second kappa shape index (κ2) is 6.52. The van der Waals surface area contributed by atoms with E-state index in [1.54, 1.807) is 17.9 Å². The van der Waals surface area contributed by atoms with Gasteiger partial charge in [-0.1, -0.05) is 24.2 Å². The number of nitrogens with zero attached hydrogens (tertiary/aromatic N) is 4. The Morgan fingerprint density at radius 1 is 1.35 bits per heavy atom. The summed E-state index contributed by atoms with van der Waals surface area (Å²) < 4.78 is 10.5. The maximum atomic E-state index is 12.7. The molecule has 3 rings (SSSR count). The Kier molecular flexibility index (Phi) is 4.45. The Bertz CT molecular complexity index is 676. The molecular weight excluding hydrogens is 296 g/mol. The molecule has 7 heteroatoms. The van der Waals surface area contributed by atoms with E-state index in [0.717, 1.165) is 25.7 Å². The fourth-order valence-corrected chi connectivity index (χ4v) is 2.89. The number of hydrogen-bond acceptors (Lipinski definition) is 6. The number of likely N-dealkylation sites (tertiary alicyclic amines) is 1.